The van der Waals surface area contributed by atoms with Crippen LogP contribution in [0, 0.1) is 6.92 Å². The summed E-state index contributed by atoms with van der Waals surface area (Å²) >= 11 is 0. The quantitative estimate of drug-likeness (QED) is 0.757. The maximum absolute atomic E-state index is 12.8. The monoisotopic (exact) mass is 363 g/mol. The van der Waals surface area contributed by atoms with Gasteiger partial charge in [-0.05, 0) is 50.6 Å². The van der Waals surface area contributed by atoms with Gasteiger partial charge in [0.15, 0.2) is 0 Å². The van der Waals surface area contributed by atoms with Crippen molar-refractivity contribution in [1.82, 2.24) is 19.2 Å². The van der Waals surface area contributed by atoms with E-state index in [2.05, 4.69) is 45.3 Å². The first-order valence-corrected chi connectivity index (χ1v) is 9.39. The predicted octanol–water partition coefficient (Wildman–Crippen LogP) is 3.29. The van der Waals surface area contributed by atoms with Crippen LogP contribution >= 0.6 is 0 Å². The Kier molecular flexibility index (Phi) is 4.81. The summed E-state index contributed by atoms with van der Waals surface area (Å²) < 4.78 is 3.93. The normalized spacial score (nSPS) is 17.3. The molecule has 1 saturated heterocycles. The lowest BCUT2D eigenvalue weighted by molar-refractivity contribution is -0.117. The van der Waals surface area contributed by atoms with Crippen LogP contribution in [0.1, 0.15) is 30.3 Å². The number of aryl methyl sites for hydroxylation is 2. The van der Waals surface area contributed by atoms with Gasteiger partial charge in [-0.2, -0.15) is 5.10 Å². The first-order chi connectivity index (χ1) is 13.1. The van der Waals surface area contributed by atoms with Crippen LogP contribution in [0.15, 0.2) is 54.7 Å². The third kappa shape index (κ3) is 3.66. The minimum Gasteiger partial charge on any atom is -0.353 e. The van der Waals surface area contributed by atoms with Gasteiger partial charge >= 0.3 is 0 Å². The van der Waals surface area contributed by atoms with Crippen LogP contribution in [0.5, 0.6) is 0 Å². The number of carbonyl (C=O) groups excluding carboxylic acids is 1. The molecule has 1 aliphatic heterocycles. The summed E-state index contributed by atoms with van der Waals surface area (Å²) in [5, 5.41) is 7.57. The maximum atomic E-state index is 12.8. The second-order valence-electron chi connectivity index (χ2n) is 7.14. The van der Waals surface area contributed by atoms with E-state index in [1.165, 1.54) is 5.69 Å². The Hall–Kier alpha value is -2.86. The minimum atomic E-state index is -0.00631. The van der Waals surface area contributed by atoms with Crippen molar-refractivity contribution in [3.05, 3.63) is 66.1 Å². The summed E-state index contributed by atoms with van der Waals surface area (Å²) in [4.78, 5) is 15.0. The molecule has 2 aromatic heterocycles. The van der Waals surface area contributed by atoms with Gasteiger partial charge in [-0.3, -0.25) is 9.69 Å². The molecule has 1 aromatic carbocycles. The molecular formula is C21H25N5O. The molecule has 1 N–H and O–H groups in total. The van der Waals surface area contributed by atoms with Crippen LogP contribution in [-0.2, 0) is 11.8 Å². The summed E-state index contributed by atoms with van der Waals surface area (Å²) in [5.74, 6) is 0.700. The number of carbonyl (C=O) groups is 1. The van der Waals surface area contributed by atoms with Crippen molar-refractivity contribution in [2.75, 3.05) is 18.4 Å². The number of rotatable bonds is 5. The average molecular weight is 363 g/mol. The number of anilines is 1. The van der Waals surface area contributed by atoms with Gasteiger partial charge in [-0.25, -0.2) is 4.68 Å². The van der Waals surface area contributed by atoms with Crippen molar-refractivity contribution in [1.29, 1.82) is 0 Å². The third-order valence-corrected chi connectivity index (χ3v) is 5.14. The Balaban J connectivity index is 1.48. The van der Waals surface area contributed by atoms with Crippen LogP contribution in [-0.4, -0.2) is 38.2 Å². The highest BCUT2D eigenvalue weighted by atomic mass is 16.2. The van der Waals surface area contributed by atoms with Gasteiger partial charge in [0.1, 0.15) is 5.82 Å². The molecule has 0 radical (unpaired) electrons. The van der Waals surface area contributed by atoms with Crippen LogP contribution in [0.3, 0.4) is 0 Å². The predicted molar refractivity (Wildman–Crippen MR) is 106 cm³/mol. The molecule has 0 spiro atoms. The molecule has 1 aliphatic rings. The summed E-state index contributed by atoms with van der Waals surface area (Å²) in [6.07, 6.45) is 4.27. The highest BCUT2D eigenvalue weighted by Gasteiger charge is 2.29. The van der Waals surface area contributed by atoms with E-state index < -0.39 is 0 Å². The number of nitrogens with one attached hydrogen (secondary N) is 1. The van der Waals surface area contributed by atoms with Gasteiger partial charge in [0.2, 0.25) is 5.91 Å². The summed E-state index contributed by atoms with van der Waals surface area (Å²) in [7, 11) is 2.06. The highest BCUT2D eigenvalue weighted by molar-refractivity contribution is 5.91. The van der Waals surface area contributed by atoms with E-state index in [0.717, 1.165) is 30.8 Å². The molecule has 1 amide bonds. The molecule has 1 atom stereocenters. The fourth-order valence-electron chi connectivity index (χ4n) is 3.89. The lowest BCUT2D eigenvalue weighted by atomic mass is 10.1. The van der Waals surface area contributed by atoms with Crippen LogP contribution in [0.25, 0.3) is 5.69 Å². The maximum Gasteiger partial charge on any atom is 0.239 e. The lowest BCUT2D eigenvalue weighted by Crippen LogP contribution is -2.33. The van der Waals surface area contributed by atoms with Crippen LogP contribution in [0.4, 0.5) is 5.82 Å². The number of para-hydroxylation sites is 1. The molecule has 6 nitrogen and oxygen atoms in total. The Labute approximate surface area is 159 Å². The number of likely N-dealkylation sites (tertiary alicyclic amines) is 1. The topological polar surface area (TPSA) is 55.1 Å². The Morgan fingerprint density at radius 3 is 2.78 bits per heavy atom. The third-order valence-electron chi connectivity index (χ3n) is 5.14. The van der Waals surface area contributed by atoms with E-state index in [1.54, 1.807) is 4.68 Å². The molecule has 4 rings (SSSR count). The van der Waals surface area contributed by atoms with E-state index in [4.69, 9.17) is 0 Å². The van der Waals surface area contributed by atoms with Gasteiger partial charge in [0.05, 0.1) is 24.0 Å². The molecule has 1 fully saturated rings. The molecule has 3 aromatic rings. The standard InChI is InChI=1S/C21H25N5O/c1-16-14-20(26(23-16)17-8-4-3-5-9-17)22-21(27)15-25-13-7-11-19(25)18-10-6-12-24(18)2/h3-6,8-10,12,14,19H,7,11,13,15H2,1-2H3,(H,22,27)/t19-/m1/s1. The molecular weight excluding hydrogens is 338 g/mol. The number of nitrogens with zero attached hydrogens (tertiary/aromatic N) is 4. The Bertz CT molecular complexity index is 927. The van der Waals surface area contributed by atoms with Gasteiger partial charge in [-0.15, -0.1) is 0 Å². The van der Waals surface area contributed by atoms with E-state index in [0.29, 0.717) is 18.4 Å². The second-order valence-corrected chi connectivity index (χ2v) is 7.14. The molecule has 3 heterocycles. The molecule has 27 heavy (non-hydrogen) atoms. The molecule has 0 aliphatic carbocycles. The SMILES string of the molecule is Cc1cc(NC(=O)CN2CCC[C@@H]2c2cccn2C)n(-c2ccccc2)n1. The zero-order valence-corrected chi connectivity index (χ0v) is 15.8. The van der Waals surface area contributed by atoms with Gasteiger partial charge in [-0.1, -0.05) is 18.2 Å². The van der Waals surface area contributed by atoms with Gasteiger partial charge in [0.25, 0.3) is 0 Å². The zero-order chi connectivity index (χ0) is 18.8. The van der Waals surface area contributed by atoms with E-state index in [1.807, 2.05) is 43.3 Å². The number of aromatic nitrogens is 3. The highest BCUT2D eigenvalue weighted by Crippen LogP contribution is 2.31. The first kappa shape index (κ1) is 17.5. The van der Waals surface area contributed by atoms with E-state index in [9.17, 15) is 4.79 Å². The van der Waals surface area contributed by atoms with Crippen molar-refractivity contribution in [2.45, 2.75) is 25.8 Å². The van der Waals surface area contributed by atoms with Crippen molar-refractivity contribution >= 4 is 11.7 Å². The first-order valence-electron chi connectivity index (χ1n) is 9.39. The van der Waals surface area contributed by atoms with Gasteiger partial charge < -0.3 is 9.88 Å². The fourth-order valence-corrected chi connectivity index (χ4v) is 3.89. The van der Waals surface area contributed by atoms with Crippen LogP contribution < -0.4 is 5.32 Å². The Morgan fingerprint density at radius 2 is 2.04 bits per heavy atom. The van der Waals surface area contributed by atoms with Gasteiger partial charge in [0, 0.05) is 25.0 Å². The van der Waals surface area contributed by atoms with E-state index in [-0.39, 0.29) is 5.91 Å². The van der Waals surface area contributed by atoms with Crippen molar-refractivity contribution < 1.29 is 4.79 Å². The summed E-state index contributed by atoms with van der Waals surface area (Å²) in [5.41, 5.74) is 3.08. The molecule has 0 unspecified atom stereocenters. The Morgan fingerprint density at radius 1 is 1.22 bits per heavy atom. The lowest BCUT2D eigenvalue weighted by Gasteiger charge is -2.24. The zero-order valence-electron chi connectivity index (χ0n) is 15.8. The number of benzene rings is 1. The molecule has 0 bridgehead atoms. The fraction of sp³-hybridized carbons (Fsp3) is 0.333. The van der Waals surface area contributed by atoms with E-state index >= 15 is 0 Å². The summed E-state index contributed by atoms with van der Waals surface area (Å²) in [6.45, 7) is 3.26. The van der Waals surface area contributed by atoms with Crippen molar-refractivity contribution in [3.8, 4) is 5.69 Å². The largest absolute Gasteiger partial charge is 0.353 e. The second kappa shape index (κ2) is 7.40. The number of hydrogen-bond donors (Lipinski definition) is 1. The minimum absolute atomic E-state index is 0.00631. The van der Waals surface area contributed by atoms with Crippen LogP contribution in [0.2, 0.25) is 0 Å². The molecule has 140 valence electrons. The number of amides is 1. The smallest absolute Gasteiger partial charge is 0.239 e. The van der Waals surface area contributed by atoms with Crippen molar-refractivity contribution in [3.63, 3.8) is 0 Å². The van der Waals surface area contributed by atoms with Crippen molar-refractivity contribution in [2.24, 2.45) is 7.05 Å². The molecule has 0 saturated carbocycles. The summed E-state index contributed by atoms with van der Waals surface area (Å²) in [6, 6.07) is 16.3. The average Bonchev–Trinajstić information content (AvgIpc) is 3.36. The number of hydrogen-bond acceptors (Lipinski definition) is 3. The molecule has 6 heteroatoms.